The number of hydrogen-bond donors (Lipinski definition) is 0. The van der Waals surface area contributed by atoms with E-state index >= 15 is 0 Å². The molecule has 0 aromatic carbocycles. The van der Waals surface area contributed by atoms with E-state index in [0.29, 0.717) is 72.6 Å². The first kappa shape index (κ1) is 28.0. The number of rotatable bonds is 7. The van der Waals surface area contributed by atoms with E-state index in [9.17, 15) is 4.57 Å². The molecule has 8 heteroatoms. The Kier molecular flexibility index (Phi) is 13.3. The standard InChI is InChI=1S/C22H46NO6P/c1-7-9-22(6,8-2)20-29-30(24,21(3,4)5)23-10-12-25-14-16-27-18-19-28-17-15-26-13-11-23/h7-20H2,1-6H3. The van der Waals surface area contributed by atoms with E-state index in [1.165, 1.54) is 0 Å². The first-order valence-corrected chi connectivity index (χ1v) is 13.1. The summed E-state index contributed by atoms with van der Waals surface area (Å²) in [6.07, 6.45) is 3.14. The number of ether oxygens (including phenoxy) is 4. The number of hydrogen-bond acceptors (Lipinski definition) is 6. The molecule has 2 atom stereocenters. The second-order valence-corrected chi connectivity index (χ2v) is 12.5. The van der Waals surface area contributed by atoms with Crippen LogP contribution >= 0.6 is 7.52 Å². The van der Waals surface area contributed by atoms with E-state index in [2.05, 4.69) is 20.8 Å². The lowest BCUT2D eigenvalue weighted by molar-refractivity contribution is 0.00206. The molecule has 30 heavy (non-hydrogen) atoms. The lowest BCUT2D eigenvalue weighted by Gasteiger charge is -2.41. The van der Waals surface area contributed by atoms with E-state index in [1.807, 2.05) is 25.4 Å². The van der Waals surface area contributed by atoms with E-state index in [1.54, 1.807) is 0 Å². The minimum Gasteiger partial charge on any atom is -0.378 e. The van der Waals surface area contributed by atoms with Crippen molar-refractivity contribution in [3.8, 4) is 0 Å². The van der Waals surface area contributed by atoms with E-state index < -0.39 is 12.7 Å². The molecule has 1 fully saturated rings. The van der Waals surface area contributed by atoms with Crippen molar-refractivity contribution in [3.05, 3.63) is 0 Å². The molecule has 1 aliphatic rings. The molecule has 0 aliphatic carbocycles. The maximum atomic E-state index is 14.3. The first-order chi connectivity index (χ1) is 14.2. The number of nitrogens with zero attached hydrogens (tertiary/aromatic N) is 1. The van der Waals surface area contributed by atoms with Crippen LogP contribution in [0.25, 0.3) is 0 Å². The molecule has 1 rings (SSSR count). The van der Waals surface area contributed by atoms with Crippen molar-refractivity contribution in [3.63, 3.8) is 0 Å². The van der Waals surface area contributed by atoms with Gasteiger partial charge in [-0.3, -0.25) is 4.57 Å². The van der Waals surface area contributed by atoms with E-state index in [4.69, 9.17) is 23.5 Å². The van der Waals surface area contributed by atoms with Gasteiger partial charge in [-0.2, -0.15) is 0 Å². The summed E-state index contributed by atoms with van der Waals surface area (Å²) in [5, 5.41) is -0.511. The van der Waals surface area contributed by atoms with Crippen LogP contribution in [0.1, 0.15) is 60.8 Å². The van der Waals surface area contributed by atoms with E-state index in [-0.39, 0.29) is 5.41 Å². The topological polar surface area (TPSA) is 66.5 Å². The summed E-state index contributed by atoms with van der Waals surface area (Å²) in [7, 11) is -3.13. The third kappa shape index (κ3) is 9.64. The zero-order chi connectivity index (χ0) is 22.5. The van der Waals surface area contributed by atoms with Gasteiger partial charge in [0.05, 0.1) is 64.6 Å². The molecule has 0 bridgehead atoms. The summed E-state index contributed by atoms with van der Waals surface area (Å²) >= 11 is 0. The van der Waals surface area contributed by atoms with Crippen molar-refractivity contribution in [2.24, 2.45) is 5.41 Å². The van der Waals surface area contributed by atoms with Crippen LogP contribution in [0.5, 0.6) is 0 Å². The fraction of sp³-hybridized carbons (Fsp3) is 1.00. The molecular formula is C22H46NO6P. The molecule has 0 aromatic heterocycles. The summed E-state index contributed by atoms with van der Waals surface area (Å²) in [6.45, 7) is 18.3. The van der Waals surface area contributed by atoms with Gasteiger partial charge in [0.2, 0.25) is 0 Å². The Morgan fingerprint density at radius 3 is 1.60 bits per heavy atom. The SMILES string of the molecule is CCCC(C)(CC)COP(=O)(N1CCOCCOCCOCCOCC1)C(C)(C)C. The normalized spacial score (nSPS) is 23.7. The maximum absolute atomic E-state index is 14.3. The van der Waals surface area contributed by atoms with Gasteiger partial charge >= 0.3 is 0 Å². The average molecular weight is 452 g/mol. The van der Waals surface area contributed by atoms with Crippen LogP contribution in [-0.4, -0.2) is 82.4 Å². The second-order valence-electron chi connectivity index (χ2n) is 9.28. The van der Waals surface area contributed by atoms with Crippen molar-refractivity contribution >= 4 is 7.52 Å². The molecule has 7 nitrogen and oxygen atoms in total. The molecule has 0 amide bonds. The Morgan fingerprint density at radius 2 is 1.23 bits per heavy atom. The summed E-state index contributed by atoms with van der Waals surface area (Å²) in [6, 6.07) is 0. The maximum Gasteiger partial charge on any atom is 0.277 e. The highest BCUT2D eigenvalue weighted by molar-refractivity contribution is 7.58. The minimum absolute atomic E-state index is 0.0261. The predicted octanol–water partition coefficient (Wildman–Crippen LogP) is 4.59. The molecule has 180 valence electrons. The van der Waals surface area contributed by atoms with E-state index in [0.717, 1.165) is 19.3 Å². The quantitative estimate of drug-likeness (QED) is 0.524. The lowest BCUT2D eigenvalue weighted by atomic mass is 9.84. The molecule has 0 aromatic rings. The Labute approximate surface area is 184 Å². The van der Waals surface area contributed by atoms with Crippen LogP contribution in [0.15, 0.2) is 0 Å². The van der Waals surface area contributed by atoms with Crippen molar-refractivity contribution in [1.82, 2.24) is 4.67 Å². The van der Waals surface area contributed by atoms with Gasteiger partial charge in [-0.1, -0.05) is 27.2 Å². The van der Waals surface area contributed by atoms with Crippen LogP contribution in [0.2, 0.25) is 0 Å². The van der Waals surface area contributed by atoms with Crippen LogP contribution in [0.3, 0.4) is 0 Å². The van der Waals surface area contributed by atoms with Crippen LogP contribution in [0, 0.1) is 5.41 Å². The van der Waals surface area contributed by atoms with Gasteiger partial charge in [0.1, 0.15) is 0 Å². The highest BCUT2D eigenvalue weighted by atomic mass is 31.2. The molecule has 0 radical (unpaired) electrons. The van der Waals surface area contributed by atoms with Gasteiger partial charge in [0.15, 0.2) is 0 Å². The van der Waals surface area contributed by atoms with Crippen LogP contribution in [0.4, 0.5) is 0 Å². The smallest absolute Gasteiger partial charge is 0.277 e. The molecule has 1 aliphatic heterocycles. The van der Waals surface area contributed by atoms with Gasteiger partial charge < -0.3 is 23.5 Å². The zero-order valence-electron chi connectivity index (χ0n) is 20.2. The molecule has 1 heterocycles. The summed E-state index contributed by atoms with van der Waals surface area (Å²) in [5.41, 5.74) is 0.0261. The Bertz CT molecular complexity index is 483. The third-order valence-corrected chi connectivity index (χ3v) is 8.94. The van der Waals surface area contributed by atoms with Gasteiger partial charge in [-0.05, 0) is 39.0 Å². The van der Waals surface area contributed by atoms with Crippen LogP contribution < -0.4 is 0 Å². The summed E-state index contributed by atoms with van der Waals surface area (Å²) in [5.74, 6) is 0. The molecular weight excluding hydrogens is 405 g/mol. The predicted molar refractivity (Wildman–Crippen MR) is 121 cm³/mol. The second kappa shape index (κ2) is 14.2. The first-order valence-electron chi connectivity index (χ1n) is 11.5. The highest BCUT2D eigenvalue weighted by Gasteiger charge is 2.44. The van der Waals surface area contributed by atoms with Crippen molar-refractivity contribution < 1.29 is 28.0 Å². The third-order valence-electron chi connectivity index (χ3n) is 5.62. The minimum atomic E-state index is -3.13. The van der Waals surface area contributed by atoms with Crippen LogP contribution in [-0.2, 0) is 28.0 Å². The monoisotopic (exact) mass is 451 g/mol. The van der Waals surface area contributed by atoms with Crippen molar-refractivity contribution in [2.75, 3.05) is 72.6 Å². The van der Waals surface area contributed by atoms with Gasteiger partial charge in [0.25, 0.3) is 7.52 Å². The Balaban J connectivity index is 2.91. The highest BCUT2D eigenvalue weighted by Crippen LogP contribution is 2.62. The Morgan fingerprint density at radius 1 is 0.800 bits per heavy atom. The van der Waals surface area contributed by atoms with Crippen molar-refractivity contribution in [1.29, 1.82) is 0 Å². The largest absolute Gasteiger partial charge is 0.378 e. The van der Waals surface area contributed by atoms with Gasteiger partial charge in [0, 0.05) is 13.1 Å². The molecule has 0 spiro atoms. The molecule has 2 unspecified atom stereocenters. The van der Waals surface area contributed by atoms with Gasteiger partial charge in [-0.15, -0.1) is 0 Å². The summed E-state index contributed by atoms with van der Waals surface area (Å²) < 4.78 is 45.0. The molecule has 0 N–H and O–H groups in total. The Hall–Kier alpha value is -0.0100. The zero-order valence-corrected chi connectivity index (χ0v) is 21.1. The lowest BCUT2D eigenvalue weighted by Crippen LogP contribution is -2.38. The fourth-order valence-electron chi connectivity index (χ4n) is 3.37. The summed E-state index contributed by atoms with van der Waals surface area (Å²) in [4.78, 5) is 0. The molecule has 0 saturated carbocycles. The van der Waals surface area contributed by atoms with Gasteiger partial charge in [-0.25, -0.2) is 4.67 Å². The molecule has 1 saturated heterocycles. The fourth-order valence-corrected chi connectivity index (χ4v) is 5.95. The van der Waals surface area contributed by atoms with Crippen molar-refractivity contribution in [2.45, 2.75) is 66.0 Å². The average Bonchev–Trinajstić information content (AvgIpc) is 2.70.